The van der Waals surface area contributed by atoms with Crippen molar-refractivity contribution in [3.05, 3.63) is 45.3 Å². The molecule has 0 atom stereocenters. The van der Waals surface area contributed by atoms with Gasteiger partial charge in [0, 0.05) is 27.7 Å². The number of aromatic amines is 1. The van der Waals surface area contributed by atoms with Crippen molar-refractivity contribution in [1.29, 1.82) is 0 Å². The van der Waals surface area contributed by atoms with Crippen LogP contribution < -0.4 is 10.4 Å². The Morgan fingerprint density at radius 3 is 2.52 bits per heavy atom. The Labute approximate surface area is 175 Å². The number of aliphatic hydroxyl groups is 1. The van der Waals surface area contributed by atoms with Crippen LogP contribution in [0.25, 0.3) is 0 Å². The molecule has 4 N–H and O–H groups in total. The summed E-state index contributed by atoms with van der Waals surface area (Å²) < 4.78 is 34.1. The molecular weight excluding hydrogens is 475 g/mol. The van der Waals surface area contributed by atoms with Crippen molar-refractivity contribution >= 4 is 45.6 Å². The van der Waals surface area contributed by atoms with Crippen molar-refractivity contribution in [3.8, 4) is 5.75 Å². The van der Waals surface area contributed by atoms with Crippen molar-refractivity contribution in [2.75, 3.05) is 5.43 Å². The first-order chi connectivity index (χ1) is 12.0. The van der Waals surface area contributed by atoms with E-state index >= 15 is 0 Å². The Morgan fingerprint density at radius 1 is 1.41 bits per heavy atom. The van der Waals surface area contributed by atoms with Crippen LogP contribution in [0, 0.1) is 6.92 Å². The van der Waals surface area contributed by atoms with Gasteiger partial charge in [-0.2, -0.15) is 0 Å². The van der Waals surface area contributed by atoms with Crippen LogP contribution in [0.3, 0.4) is 0 Å². The Hall–Kier alpha value is -1.50. The molecule has 27 heavy (non-hydrogen) atoms. The van der Waals surface area contributed by atoms with E-state index in [0.717, 1.165) is 0 Å². The van der Waals surface area contributed by atoms with Gasteiger partial charge < -0.3 is 19.3 Å². The largest absolute Gasteiger partial charge is 1.00 e. The number of nitrogens with one attached hydrogen (secondary N) is 2. The van der Waals surface area contributed by atoms with Crippen LogP contribution in [-0.2, 0) is 34.1 Å². The minimum Gasteiger partial charge on any atom is -0.759 e. The second-order valence-electron chi connectivity index (χ2n) is 4.61. The average molecular weight is 488 g/mol. The minimum absolute atomic E-state index is 0. The van der Waals surface area contributed by atoms with Gasteiger partial charge in [0.05, 0.1) is 23.5 Å². The van der Waals surface area contributed by atoms with Crippen LogP contribution in [0.1, 0.15) is 16.8 Å². The SMILES string of the molecule is Cc1ncc(CO)c(/C=N/Nc2[nH+]cc(Cl)cc2Cl)c1O.O=S(=O)([O-])[O-].[Cu+]. The summed E-state index contributed by atoms with van der Waals surface area (Å²) in [6, 6.07) is 1.56. The van der Waals surface area contributed by atoms with E-state index in [0.29, 0.717) is 32.7 Å². The van der Waals surface area contributed by atoms with E-state index in [1.54, 1.807) is 19.2 Å². The predicted octanol–water partition coefficient (Wildman–Crippen LogP) is 0.814. The van der Waals surface area contributed by atoms with Crippen molar-refractivity contribution in [3.63, 3.8) is 0 Å². The molecule has 0 amide bonds. The van der Waals surface area contributed by atoms with Gasteiger partial charge in [-0.1, -0.05) is 28.3 Å². The maximum atomic E-state index is 9.95. The Morgan fingerprint density at radius 2 is 2.00 bits per heavy atom. The molecule has 0 fully saturated rings. The zero-order chi connectivity index (χ0) is 19.9. The van der Waals surface area contributed by atoms with E-state index in [2.05, 4.69) is 20.5 Å². The number of rotatable bonds is 4. The zero-order valence-electron chi connectivity index (χ0n) is 13.4. The number of hydrogen-bond acceptors (Lipinski definition) is 9. The number of pyridine rings is 2. The summed E-state index contributed by atoms with van der Waals surface area (Å²) in [5, 5.41) is 24.0. The number of nitrogens with zero attached hydrogens (tertiary/aromatic N) is 2. The molecule has 0 radical (unpaired) electrons. The molecule has 2 aromatic rings. The van der Waals surface area contributed by atoms with Gasteiger partial charge in [0.15, 0.2) is 0 Å². The minimum atomic E-state index is -5.17. The fraction of sp³-hybridized carbons (Fsp3) is 0.154. The number of anilines is 1. The van der Waals surface area contributed by atoms with Gasteiger partial charge in [-0.3, -0.25) is 13.4 Å². The molecule has 0 aromatic carbocycles. The van der Waals surface area contributed by atoms with E-state index in [4.69, 9.17) is 40.7 Å². The molecule has 0 aliphatic rings. The van der Waals surface area contributed by atoms with Gasteiger partial charge in [0.1, 0.15) is 17.0 Å². The number of hydrogen-bond donors (Lipinski definition) is 3. The van der Waals surface area contributed by atoms with Crippen molar-refractivity contribution < 1.29 is 49.8 Å². The fourth-order valence-corrected chi connectivity index (χ4v) is 2.05. The molecule has 0 aliphatic carbocycles. The van der Waals surface area contributed by atoms with E-state index in [1.807, 2.05) is 0 Å². The first kappa shape index (κ1) is 25.5. The first-order valence-corrected chi connectivity index (χ1v) is 8.72. The van der Waals surface area contributed by atoms with Crippen molar-refractivity contribution in [2.24, 2.45) is 5.10 Å². The molecule has 0 bridgehead atoms. The summed E-state index contributed by atoms with van der Waals surface area (Å²) >= 11 is 11.7. The van der Waals surface area contributed by atoms with E-state index < -0.39 is 10.4 Å². The number of aromatic hydroxyl groups is 1. The number of H-pyrrole nitrogens is 1. The molecule has 2 aromatic heterocycles. The van der Waals surface area contributed by atoms with Crippen LogP contribution in [0.4, 0.5) is 5.82 Å². The molecular formula is C13H13Cl2CuN4O6S. The van der Waals surface area contributed by atoms with Gasteiger partial charge in [0.25, 0.3) is 0 Å². The molecule has 0 saturated carbocycles. The number of halogens is 2. The molecule has 0 spiro atoms. The third-order valence-corrected chi connectivity index (χ3v) is 3.27. The maximum Gasteiger partial charge on any atom is 1.00 e. The summed E-state index contributed by atoms with van der Waals surface area (Å²) in [4.78, 5) is 6.80. The standard InChI is InChI=1S/C13H12Cl2N4O2.Cu.H2O4S/c1-7-12(21)10(8(6-20)3-16-7)5-18-19-13-11(15)2-9(14)4-17-13;;1-5(2,3)4/h2-5,20-21H,6H2,1H3,(H,17,19);;(H2,1,2,3,4)/q;+1;/p-1/b18-5+;;. The van der Waals surface area contributed by atoms with Gasteiger partial charge >= 0.3 is 22.9 Å². The fourth-order valence-electron chi connectivity index (χ4n) is 1.61. The summed E-state index contributed by atoms with van der Waals surface area (Å²) in [5.74, 6) is 0.423. The quantitative estimate of drug-likeness (QED) is 0.187. The molecule has 0 aliphatic heterocycles. The van der Waals surface area contributed by atoms with Gasteiger partial charge in [0.2, 0.25) is 0 Å². The number of aromatic nitrogens is 2. The van der Waals surface area contributed by atoms with E-state index in [-0.39, 0.29) is 29.4 Å². The van der Waals surface area contributed by atoms with Gasteiger partial charge in [-0.05, 0) is 13.0 Å². The molecule has 0 saturated heterocycles. The molecule has 10 nitrogen and oxygen atoms in total. The van der Waals surface area contributed by atoms with Crippen LogP contribution in [0.5, 0.6) is 5.75 Å². The van der Waals surface area contributed by atoms with Crippen LogP contribution >= 0.6 is 23.2 Å². The smallest absolute Gasteiger partial charge is 0.759 e. The summed E-state index contributed by atoms with van der Waals surface area (Å²) in [5.41, 5.74) is 4.00. The Bertz CT molecular complexity index is 906. The molecule has 2 rings (SSSR count). The Balaban J connectivity index is 0.00000100. The monoisotopic (exact) mass is 486 g/mol. The van der Waals surface area contributed by atoms with E-state index in [9.17, 15) is 10.2 Å². The zero-order valence-corrected chi connectivity index (χ0v) is 16.7. The van der Waals surface area contributed by atoms with E-state index in [1.165, 1.54) is 12.4 Å². The third kappa shape index (κ3) is 9.31. The second kappa shape index (κ2) is 11.4. The molecule has 14 heteroatoms. The normalized spacial score (nSPS) is 10.7. The van der Waals surface area contributed by atoms with Crippen LogP contribution in [-0.4, -0.2) is 38.9 Å². The van der Waals surface area contributed by atoms with Gasteiger partial charge in [-0.15, -0.1) is 5.43 Å². The number of hydrazone groups is 1. The summed E-state index contributed by atoms with van der Waals surface area (Å²) in [6.45, 7) is 1.40. The predicted molar refractivity (Wildman–Crippen MR) is 91.3 cm³/mol. The van der Waals surface area contributed by atoms with Crippen molar-refractivity contribution in [2.45, 2.75) is 13.5 Å². The van der Waals surface area contributed by atoms with Crippen LogP contribution in [0.2, 0.25) is 10.0 Å². The average Bonchev–Trinajstić information content (AvgIpc) is 2.52. The molecule has 152 valence electrons. The number of aryl methyl sites for hydroxylation is 1. The van der Waals surface area contributed by atoms with Crippen molar-refractivity contribution in [1.82, 2.24) is 4.98 Å². The second-order valence-corrected chi connectivity index (χ2v) is 6.27. The summed E-state index contributed by atoms with van der Waals surface area (Å²) in [7, 11) is -5.17. The first-order valence-electron chi connectivity index (χ1n) is 6.63. The Kier molecular flexibility index (Phi) is 10.7. The molecule has 2 heterocycles. The number of aliphatic hydroxyl groups excluding tert-OH is 1. The topological polar surface area (TPSA) is 172 Å². The van der Waals surface area contributed by atoms with Gasteiger partial charge in [-0.25, -0.2) is 4.98 Å². The summed E-state index contributed by atoms with van der Waals surface area (Å²) in [6.07, 6.45) is 4.42. The molecule has 0 unspecified atom stereocenters. The maximum absolute atomic E-state index is 9.95. The third-order valence-electron chi connectivity index (χ3n) is 2.76. The van der Waals surface area contributed by atoms with Crippen LogP contribution in [0.15, 0.2) is 23.6 Å².